The molecule has 2 amide bonds. The van der Waals surface area contributed by atoms with Crippen molar-refractivity contribution in [1.82, 2.24) is 10.6 Å². The maximum absolute atomic E-state index is 11.5. The van der Waals surface area contributed by atoms with Crippen LogP contribution >= 0.6 is 0 Å². The third-order valence-electron chi connectivity index (χ3n) is 3.19. The van der Waals surface area contributed by atoms with Gasteiger partial charge in [0, 0.05) is 25.9 Å². The summed E-state index contributed by atoms with van der Waals surface area (Å²) in [6.07, 6.45) is 7.30. The van der Waals surface area contributed by atoms with Crippen LogP contribution < -0.4 is 10.6 Å². The maximum atomic E-state index is 11.5. The number of carbonyl (C=O) groups excluding carboxylic acids is 2. The van der Waals surface area contributed by atoms with E-state index < -0.39 is 0 Å². The first-order chi connectivity index (χ1) is 9.56. The minimum absolute atomic E-state index is 0.117. The molecule has 2 N–H and O–H groups in total. The Balaban J connectivity index is 3.33. The Kier molecular flexibility index (Phi) is 12.3. The van der Waals surface area contributed by atoms with Crippen LogP contribution in [0.3, 0.4) is 0 Å². The van der Waals surface area contributed by atoms with E-state index in [0.717, 1.165) is 38.0 Å². The third kappa shape index (κ3) is 13.4. The minimum Gasteiger partial charge on any atom is -0.356 e. The Morgan fingerprint density at radius 2 is 1.40 bits per heavy atom. The van der Waals surface area contributed by atoms with Gasteiger partial charge in [-0.25, -0.2) is 0 Å². The number of carbonyl (C=O) groups is 2. The molecule has 0 rings (SSSR count). The van der Waals surface area contributed by atoms with Crippen LogP contribution in [0.4, 0.5) is 0 Å². The number of unbranched alkanes of at least 4 members (excludes halogenated alkanes) is 2. The fourth-order valence-corrected chi connectivity index (χ4v) is 1.90. The van der Waals surface area contributed by atoms with Gasteiger partial charge in [-0.3, -0.25) is 9.59 Å². The van der Waals surface area contributed by atoms with Crippen LogP contribution in [0.15, 0.2) is 0 Å². The Morgan fingerprint density at radius 3 is 1.90 bits per heavy atom. The second-order valence-corrected chi connectivity index (χ2v) is 5.80. The summed E-state index contributed by atoms with van der Waals surface area (Å²) < 4.78 is 0. The SMILES string of the molecule is CCCCC(=O)NCCCNC(=O)CCCCC(C)C. The highest BCUT2D eigenvalue weighted by atomic mass is 16.2. The van der Waals surface area contributed by atoms with Crippen molar-refractivity contribution in [3.63, 3.8) is 0 Å². The summed E-state index contributed by atoms with van der Waals surface area (Å²) in [4.78, 5) is 22.9. The number of nitrogens with one attached hydrogen (secondary N) is 2. The van der Waals surface area contributed by atoms with Crippen LogP contribution in [0.2, 0.25) is 0 Å². The van der Waals surface area contributed by atoms with Gasteiger partial charge in [0.2, 0.25) is 11.8 Å². The Morgan fingerprint density at radius 1 is 0.850 bits per heavy atom. The van der Waals surface area contributed by atoms with E-state index in [-0.39, 0.29) is 11.8 Å². The second kappa shape index (κ2) is 12.9. The van der Waals surface area contributed by atoms with E-state index in [4.69, 9.17) is 0 Å². The highest BCUT2D eigenvalue weighted by molar-refractivity contribution is 5.76. The molecule has 0 heterocycles. The van der Waals surface area contributed by atoms with Crippen molar-refractivity contribution in [2.45, 2.75) is 72.1 Å². The minimum atomic E-state index is 0.117. The molecule has 0 aliphatic heterocycles. The summed E-state index contributed by atoms with van der Waals surface area (Å²) in [5.41, 5.74) is 0. The van der Waals surface area contributed by atoms with Gasteiger partial charge in [-0.1, -0.05) is 40.0 Å². The zero-order valence-electron chi connectivity index (χ0n) is 13.5. The first kappa shape index (κ1) is 18.9. The van der Waals surface area contributed by atoms with Gasteiger partial charge in [0.1, 0.15) is 0 Å². The lowest BCUT2D eigenvalue weighted by Crippen LogP contribution is -2.29. The zero-order chi connectivity index (χ0) is 15.2. The molecule has 0 aliphatic carbocycles. The van der Waals surface area contributed by atoms with E-state index in [1.165, 1.54) is 6.42 Å². The molecular weight excluding hydrogens is 252 g/mol. The fraction of sp³-hybridized carbons (Fsp3) is 0.875. The van der Waals surface area contributed by atoms with Crippen molar-refractivity contribution in [3.05, 3.63) is 0 Å². The summed E-state index contributed by atoms with van der Waals surface area (Å²) in [6, 6.07) is 0. The third-order valence-corrected chi connectivity index (χ3v) is 3.19. The van der Waals surface area contributed by atoms with E-state index in [2.05, 4.69) is 31.4 Å². The maximum Gasteiger partial charge on any atom is 0.219 e. The van der Waals surface area contributed by atoms with E-state index in [9.17, 15) is 9.59 Å². The lowest BCUT2D eigenvalue weighted by Gasteiger charge is -2.07. The molecule has 0 aromatic rings. The molecule has 0 unspecified atom stereocenters. The first-order valence-corrected chi connectivity index (χ1v) is 8.09. The van der Waals surface area contributed by atoms with Gasteiger partial charge < -0.3 is 10.6 Å². The van der Waals surface area contributed by atoms with Gasteiger partial charge >= 0.3 is 0 Å². The van der Waals surface area contributed by atoms with Crippen LogP contribution in [-0.4, -0.2) is 24.9 Å². The van der Waals surface area contributed by atoms with E-state index in [1.54, 1.807) is 0 Å². The molecule has 20 heavy (non-hydrogen) atoms. The summed E-state index contributed by atoms with van der Waals surface area (Å²) in [5, 5.41) is 5.76. The van der Waals surface area contributed by atoms with Gasteiger partial charge in [-0.05, 0) is 25.2 Å². The van der Waals surface area contributed by atoms with Gasteiger partial charge in [0.05, 0.1) is 0 Å². The fourth-order valence-electron chi connectivity index (χ4n) is 1.90. The van der Waals surface area contributed by atoms with Gasteiger partial charge in [-0.15, -0.1) is 0 Å². The summed E-state index contributed by atoms with van der Waals surface area (Å²) in [6.45, 7) is 7.78. The van der Waals surface area contributed by atoms with Gasteiger partial charge in [-0.2, -0.15) is 0 Å². The van der Waals surface area contributed by atoms with Crippen molar-refractivity contribution in [3.8, 4) is 0 Å². The van der Waals surface area contributed by atoms with Crippen molar-refractivity contribution in [2.75, 3.05) is 13.1 Å². The average Bonchev–Trinajstić information content (AvgIpc) is 2.40. The molecule has 0 aromatic carbocycles. The summed E-state index contributed by atoms with van der Waals surface area (Å²) in [7, 11) is 0. The van der Waals surface area contributed by atoms with Crippen LogP contribution in [0.25, 0.3) is 0 Å². The molecular formula is C16H32N2O2. The molecule has 0 fully saturated rings. The molecule has 0 aliphatic rings. The quantitative estimate of drug-likeness (QED) is 0.541. The molecule has 0 spiro atoms. The van der Waals surface area contributed by atoms with Crippen molar-refractivity contribution in [1.29, 1.82) is 0 Å². The second-order valence-electron chi connectivity index (χ2n) is 5.80. The summed E-state index contributed by atoms with van der Waals surface area (Å²) >= 11 is 0. The molecule has 0 radical (unpaired) electrons. The van der Waals surface area contributed by atoms with E-state index in [0.29, 0.717) is 25.9 Å². The van der Waals surface area contributed by atoms with Crippen LogP contribution in [0.1, 0.15) is 72.1 Å². The van der Waals surface area contributed by atoms with Crippen LogP contribution in [-0.2, 0) is 9.59 Å². The Labute approximate surface area is 124 Å². The predicted molar refractivity (Wildman–Crippen MR) is 83.5 cm³/mol. The van der Waals surface area contributed by atoms with Gasteiger partial charge in [0.25, 0.3) is 0 Å². The number of rotatable bonds is 12. The van der Waals surface area contributed by atoms with Crippen molar-refractivity contribution in [2.24, 2.45) is 5.92 Å². The Hall–Kier alpha value is -1.06. The smallest absolute Gasteiger partial charge is 0.219 e. The number of hydrogen-bond donors (Lipinski definition) is 2. The molecule has 0 aromatic heterocycles. The van der Waals surface area contributed by atoms with Crippen molar-refractivity contribution >= 4 is 11.8 Å². The molecule has 0 atom stereocenters. The molecule has 0 bridgehead atoms. The molecule has 0 saturated heterocycles. The average molecular weight is 284 g/mol. The highest BCUT2D eigenvalue weighted by Crippen LogP contribution is 2.07. The lowest BCUT2D eigenvalue weighted by atomic mass is 10.1. The lowest BCUT2D eigenvalue weighted by molar-refractivity contribution is -0.121. The topological polar surface area (TPSA) is 58.2 Å². The Bertz CT molecular complexity index is 265. The van der Waals surface area contributed by atoms with Crippen molar-refractivity contribution < 1.29 is 9.59 Å². The first-order valence-electron chi connectivity index (χ1n) is 8.09. The van der Waals surface area contributed by atoms with Gasteiger partial charge in [0.15, 0.2) is 0 Å². The monoisotopic (exact) mass is 284 g/mol. The normalized spacial score (nSPS) is 10.6. The van der Waals surface area contributed by atoms with E-state index >= 15 is 0 Å². The standard InChI is InChI=1S/C16H32N2O2/c1-4-5-10-15(19)17-12-8-13-18-16(20)11-7-6-9-14(2)3/h14H,4-13H2,1-3H3,(H,17,19)(H,18,20). The van der Waals surface area contributed by atoms with E-state index in [1.807, 2.05) is 0 Å². The largest absolute Gasteiger partial charge is 0.356 e. The highest BCUT2D eigenvalue weighted by Gasteiger charge is 2.02. The molecule has 4 heteroatoms. The molecule has 0 saturated carbocycles. The molecule has 118 valence electrons. The predicted octanol–water partition coefficient (Wildman–Crippen LogP) is 3.02. The number of amides is 2. The van der Waals surface area contributed by atoms with Crippen LogP contribution in [0, 0.1) is 5.92 Å². The zero-order valence-corrected chi connectivity index (χ0v) is 13.5. The van der Waals surface area contributed by atoms with Crippen LogP contribution in [0.5, 0.6) is 0 Å². The molecule has 4 nitrogen and oxygen atoms in total. The summed E-state index contributed by atoms with van der Waals surface area (Å²) in [5.74, 6) is 0.965. The number of hydrogen-bond acceptors (Lipinski definition) is 2.